The average molecular weight is 642 g/mol. The third-order valence-electron chi connectivity index (χ3n) is 6.80. The SMILES string of the molecule is C=CC(=O)OCCN(CC)c1ccc(N=Nc2ccc(N=Nc3ccc4sc(CCCCOC(=O)C(=C)C)cc4c3)cc2F)cc1. The van der Waals surface area contributed by atoms with Crippen molar-refractivity contribution in [1.82, 2.24) is 0 Å². The zero-order valence-electron chi connectivity index (χ0n) is 25.9. The number of carbonyl (C=O) groups excluding carboxylic acids is 2. The highest BCUT2D eigenvalue weighted by Crippen LogP contribution is 2.32. The molecule has 0 amide bonds. The van der Waals surface area contributed by atoms with E-state index in [0.29, 0.717) is 35.8 Å². The lowest BCUT2D eigenvalue weighted by Gasteiger charge is -2.22. The maximum absolute atomic E-state index is 14.8. The van der Waals surface area contributed by atoms with Crippen molar-refractivity contribution < 1.29 is 23.5 Å². The van der Waals surface area contributed by atoms with Crippen LogP contribution < -0.4 is 4.90 Å². The van der Waals surface area contributed by atoms with Crippen molar-refractivity contribution in [2.45, 2.75) is 33.1 Å². The highest BCUT2D eigenvalue weighted by Gasteiger charge is 2.08. The van der Waals surface area contributed by atoms with Gasteiger partial charge < -0.3 is 14.4 Å². The number of unbranched alkanes of at least 4 members (excludes halogenated alkanes) is 1. The highest BCUT2D eigenvalue weighted by molar-refractivity contribution is 7.19. The summed E-state index contributed by atoms with van der Waals surface area (Å²) in [5.41, 5.74) is 3.02. The van der Waals surface area contributed by atoms with Crippen LogP contribution in [0.3, 0.4) is 0 Å². The minimum atomic E-state index is -0.560. The molecular weight excluding hydrogens is 605 g/mol. The zero-order chi connectivity index (χ0) is 32.9. The number of azo groups is 2. The van der Waals surface area contributed by atoms with Crippen molar-refractivity contribution in [2.24, 2.45) is 20.5 Å². The van der Waals surface area contributed by atoms with Crippen LogP contribution in [0.2, 0.25) is 0 Å². The number of nitrogens with zero attached hydrogens (tertiary/aromatic N) is 5. The van der Waals surface area contributed by atoms with Gasteiger partial charge in [0.1, 0.15) is 12.3 Å². The fraction of sp³-hybridized carbons (Fsp3) is 0.257. The summed E-state index contributed by atoms with van der Waals surface area (Å²) in [6.45, 7) is 12.5. The molecule has 0 saturated heterocycles. The molecule has 0 aliphatic heterocycles. The molecule has 0 bridgehead atoms. The van der Waals surface area contributed by atoms with Gasteiger partial charge in [0.15, 0.2) is 5.82 Å². The van der Waals surface area contributed by atoms with E-state index in [2.05, 4.69) is 44.6 Å². The van der Waals surface area contributed by atoms with Crippen LogP contribution in [0.5, 0.6) is 0 Å². The van der Waals surface area contributed by atoms with E-state index >= 15 is 0 Å². The Balaban J connectivity index is 1.31. The molecule has 0 aliphatic carbocycles. The van der Waals surface area contributed by atoms with E-state index in [1.165, 1.54) is 17.0 Å². The standard InChI is InChI=1S/C35H36FN5O4S/c1-5-34(42)44-20-18-41(6-2)29-14-10-26(11-15-29)37-40-32-16-12-28(23-31(32)36)39-38-27-13-17-33-25(21-27)22-30(46-33)9-7-8-19-45-35(43)24(3)4/h5,10-17,21-23H,1,3,6-9,18-20H2,2,4H3. The van der Waals surface area contributed by atoms with Crippen molar-refractivity contribution >= 4 is 61.8 Å². The Morgan fingerprint density at radius 1 is 0.891 bits per heavy atom. The summed E-state index contributed by atoms with van der Waals surface area (Å²) in [5.74, 6) is -1.36. The first kappa shape index (κ1) is 33.9. The molecule has 0 N–H and O–H groups in total. The lowest BCUT2D eigenvalue weighted by molar-refractivity contribution is -0.139. The molecule has 0 unspecified atom stereocenters. The van der Waals surface area contributed by atoms with Crippen LogP contribution in [0, 0.1) is 5.82 Å². The second-order valence-electron chi connectivity index (χ2n) is 10.3. The van der Waals surface area contributed by atoms with Gasteiger partial charge in [0.2, 0.25) is 0 Å². The Morgan fingerprint density at radius 3 is 2.28 bits per heavy atom. The Bertz CT molecular complexity index is 1750. The van der Waals surface area contributed by atoms with Crippen molar-refractivity contribution in [1.29, 1.82) is 0 Å². The molecule has 0 atom stereocenters. The molecule has 0 radical (unpaired) electrons. The summed E-state index contributed by atoms with van der Waals surface area (Å²) in [7, 11) is 0. The minimum absolute atomic E-state index is 0.0865. The molecule has 9 nitrogen and oxygen atoms in total. The monoisotopic (exact) mass is 641 g/mol. The topological polar surface area (TPSA) is 105 Å². The smallest absolute Gasteiger partial charge is 0.333 e. The first-order chi connectivity index (χ1) is 22.2. The molecule has 4 aromatic rings. The molecular formula is C35H36FN5O4S. The molecule has 11 heteroatoms. The Kier molecular flexibility index (Phi) is 12.4. The highest BCUT2D eigenvalue weighted by atomic mass is 32.1. The third-order valence-corrected chi connectivity index (χ3v) is 7.98. The summed E-state index contributed by atoms with van der Waals surface area (Å²) < 4.78 is 26.2. The predicted molar refractivity (Wildman–Crippen MR) is 181 cm³/mol. The second kappa shape index (κ2) is 16.9. The number of rotatable bonds is 16. The van der Waals surface area contributed by atoms with E-state index < -0.39 is 11.8 Å². The van der Waals surface area contributed by atoms with E-state index in [1.807, 2.05) is 37.3 Å². The van der Waals surface area contributed by atoms with E-state index in [-0.39, 0.29) is 18.3 Å². The molecule has 4 rings (SSSR count). The van der Waals surface area contributed by atoms with Crippen molar-refractivity contribution in [3.8, 4) is 0 Å². The number of hydrogen-bond acceptors (Lipinski definition) is 10. The van der Waals surface area contributed by atoms with Gasteiger partial charge >= 0.3 is 11.9 Å². The summed E-state index contributed by atoms with van der Waals surface area (Å²) in [4.78, 5) is 26.0. The van der Waals surface area contributed by atoms with E-state index in [0.717, 1.165) is 47.7 Å². The zero-order valence-corrected chi connectivity index (χ0v) is 26.8. The molecule has 0 spiro atoms. The predicted octanol–water partition coefficient (Wildman–Crippen LogP) is 9.87. The summed E-state index contributed by atoms with van der Waals surface area (Å²) in [6.07, 6.45) is 3.72. The van der Waals surface area contributed by atoms with Crippen LogP contribution in [0.4, 0.5) is 32.8 Å². The molecule has 1 aromatic heterocycles. The number of esters is 2. The number of anilines is 1. The van der Waals surface area contributed by atoms with Crippen LogP contribution in [-0.2, 0) is 25.5 Å². The van der Waals surface area contributed by atoms with Gasteiger partial charge in [-0.05, 0) is 99.2 Å². The van der Waals surface area contributed by atoms with Gasteiger partial charge in [0.25, 0.3) is 0 Å². The quantitative estimate of drug-likeness (QED) is 0.0524. The first-order valence-corrected chi connectivity index (χ1v) is 15.7. The van der Waals surface area contributed by atoms with Gasteiger partial charge in [-0.2, -0.15) is 15.3 Å². The number of benzene rings is 3. The van der Waals surface area contributed by atoms with Gasteiger partial charge in [-0.1, -0.05) is 13.2 Å². The maximum atomic E-state index is 14.8. The summed E-state index contributed by atoms with van der Waals surface area (Å²) >= 11 is 1.72. The fourth-order valence-corrected chi connectivity index (χ4v) is 5.43. The Morgan fingerprint density at radius 2 is 1.59 bits per heavy atom. The normalized spacial score (nSPS) is 11.3. The van der Waals surface area contributed by atoms with E-state index in [9.17, 15) is 14.0 Å². The van der Waals surface area contributed by atoms with Crippen LogP contribution >= 0.6 is 11.3 Å². The molecule has 0 fully saturated rings. The van der Waals surface area contributed by atoms with Crippen LogP contribution in [0.1, 0.15) is 31.6 Å². The third kappa shape index (κ3) is 10.00. The number of carbonyl (C=O) groups is 2. The molecule has 46 heavy (non-hydrogen) atoms. The van der Waals surface area contributed by atoms with Crippen LogP contribution in [-0.4, -0.2) is 38.2 Å². The van der Waals surface area contributed by atoms with Crippen LogP contribution in [0.25, 0.3) is 10.1 Å². The number of halogens is 1. The number of likely N-dealkylation sites (N-methyl/N-ethyl adjacent to an activating group) is 1. The van der Waals surface area contributed by atoms with Gasteiger partial charge in [-0.25, -0.2) is 14.0 Å². The van der Waals surface area contributed by atoms with Crippen molar-refractivity contribution in [3.63, 3.8) is 0 Å². The molecule has 0 aliphatic rings. The maximum Gasteiger partial charge on any atom is 0.333 e. The number of aryl methyl sites for hydroxylation is 1. The first-order valence-electron chi connectivity index (χ1n) is 14.9. The van der Waals surface area contributed by atoms with E-state index in [4.69, 9.17) is 9.47 Å². The van der Waals surface area contributed by atoms with Gasteiger partial charge in [-0.3, -0.25) is 0 Å². The largest absolute Gasteiger partial charge is 0.462 e. The number of ether oxygens (including phenoxy) is 2. The lowest BCUT2D eigenvalue weighted by Crippen LogP contribution is -2.27. The lowest BCUT2D eigenvalue weighted by atomic mass is 10.2. The second-order valence-corrected chi connectivity index (χ2v) is 11.5. The van der Waals surface area contributed by atoms with Gasteiger partial charge in [0, 0.05) is 39.5 Å². The summed E-state index contributed by atoms with van der Waals surface area (Å²) in [6, 6.07) is 19.7. The Hall–Kier alpha value is -5.03. The van der Waals surface area contributed by atoms with Crippen LogP contribution in [0.15, 0.2) is 112 Å². The Labute approximate surface area is 271 Å². The number of fused-ring (bicyclic) bond motifs is 1. The fourth-order valence-electron chi connectivity index (χ4n) is 4.34. The van der Waals surface area contributed by atoms with Crippen molar-refractivity contribution in [3.05, 3.63) is 102 Å². The average Bonchev–Trinajstić information content (AvgIpc) is 3.47. The number of thiophene rings is 1. The molecule has 1 heterocycles. The molecule has 3 aromatic carbocycles. The summed E-state index contributed by atoms with van der Waals surface area (Å²) in [5, 5.41) is 17.8. The molecule has 238 valence electrons. The van der Waals surface area contributed by atoms with E-state index in [1.54, 1.807) is 36.5 Å². The van der Waals surface area contributed by atoms with Gasteiger partial charge in [-0.15, -0.1) is 16.5 Å². The number of hydrogen-bond donors (Lipinski definition) is 0. The molecule has 0 saturated carbocycles. The minimum Gasteiger partial charge on any atom is -0.462 e. The van der Waals surface area contributed by atoms with Crippen molar-refractivity contribution in [2.75, 3.05) is 31.2 Å². The van der Waals surface area contributed by atoms with Gasteiger partial charge in [0.05, 0.1) is 30.2 Å².